The van der Waals surface area contributed by atoms with Crippen LogP contribution in [0.5, 0.6) is 11.5 Å². The number of para-hydroxylation sites is 1. The van der Waals surface area contributed by atoms with Gasteiger partial charge in [-0.25, -0.2) is 13.1 Å². The molecule has 0 unspecified atom stereocenters. The summed E-state index contributed by atoms with van der Waals surface area (Å²) in [6, 6.07) is 24.0. The first-order chi connectivity index (χ1) is 28.2. The number of allylic oxidation sites excluding steroid dienone is 1. The SMILES string of the molecule is CC1(C)CCC(CN2CCN(c3ccc(C(=O)NS(=O)(=O)c4ccc(NCC5CCOCC5)c([N+](=O)[O-])c4)c(Oc4ccccc4Br)c3)CC2)=C(c2ccc(Cl)cc2)C1. The summed E-state index contributed by atoms with van der Waals surface area (Å²) >= 11 is 9.74. The molecule has 0 aromatic heterocycles. The first-order valence-electron chi connectivity index (χ1n) is 19.9. The van der Waals surface area contributed by atoms with E-state index in [1.54, 1.807) is 36.4 Å². The highest BCUT2D eigenvalue weighted by atomic mass is 79.9. The van der Waals surface area contributed by atoms with Gasteiger partial charge in [0.15, 0.2) is 0 Å². The van der Waals surface area contributed by atoms with Crippen LogP contribution in [0.2, 0.25) is 5.02 Å². The molecule has 2 fully saturated rings. The number of benzene rings is 4. The second-order valence-electron chi connectivity index (χ2n) is 16.2. The maximum atomic E-state index is 13.8. The summed E-state index contributed by atoms with van der Waals surface area (Å²) in [6.07, 6.45) is 4.87. The van der Waals surface area contributed by atoms with Crippen molar-refractivity contribution in [2.24, 2.45) is 11.3 Å². The number of halogens is 2. The van der Waals surface area contributed by atoms with E-state index in [-0.39, 0.29) is 28.3 Å². The lowest BCUT2D eigenvalue weighted by Gasteiger charge is -2.39. The fourth-order valence-electron chi connectivity index (χ4n) is 7.94. The van der Waals surface area contributed by atoms with Crippen molar-refractivity contribution in [2.75, 3.05) is 62.7 Å². The van der Waals surface area contributed by atoms with Gasteiger partial charge in [0.05, 0.1) is 19.9 Å². The molecule has 59 heavy (non-hydrogen) atoms. The van der Waals surface area contributed by atoms with E-state index in [2.05, 4.69) is 61.7 Å². The van der Waals surface area contributed by atoms with Gasteiger partial charge in [0.25, 0.3) is 21.6 Å². The standard InChI is InChI=1S/C44H49BrClN5O7S/c1-44(2)18-15-32(37(27-44)31-7-9-33(46)10-8-31)29-49-19-21-50(22-20-49)34-11-13-36(42(25-34)58-41-6-4-3-5-38(41)45)43(52)48-59(55,56)35-12-14-39(40(26-35)51(53)54)47-28-30-16-23-57-24-17-30/h3-14,25-26,30,47H,15-24,27-29H2,1-2H3,(H,48,52). The molecule has 4 aromatic rings. The van der Waals surface area contributed by atoms with E-state index in [9.17, 15) is 23.3 Å². The summed E-state index contributed by atoms with van der Waals surface area (Å²) in [5.74, 6) is -0.0628. The number of nitrogens with one attached hydrogen (secondary N) is 2. The summed E-state index contributed by atoms with van der Waals surface area (Å²) in [7, 11) is -4.53. The van der Waals surface area contributed by atoms with E-state index < -0.39 is 31.4 Å². The number of rotatable bonds is 13. The van der Waals surface area contributed by atoms with Crippen molar-refractivity contribution in [1.82, 2.24) is 9.62 Å². The predicted molar refractivity (Wildman–Crippen MR) is 235 cm³/mol. The largest absolute Gasteiger partial charge is 0.455 e. The number of amides is 1. The van der Waals surface area contributed by atoms with Crippen molar-refractivity contribution < 1.29 is 27.6 Å². The van der Waals surface area contributed by atoms with Crippen LogP contribution in [0.3, 0.4) is 0 Å². The Hall–Kier alpha value is -4.47. The van der Waals surface area contributed by atoms with E-state index in [1.165, 1.54) is 28.8 Å². The van der Waals surface area contributed by atoms with Crippen molar-refractivity contribution in [3.63, 3.8) is 0 Å². The van der Waals surface area contributed by atoms with Gasteiger partial charge in [-0.05, 0) is 119 Å². The number of hydrogen-bond acceptors (Lipinski definition) is 10. The molecule has 2 heterocycles. The van der Waals surface area contributed by atoms with Crippen molar-refractivity contribution in [2.45, 2.75) is 50.8 Å². The molecule has 12 nitrogen and oxygen atoms in total. The Morgan fingerprint density at radius 3 is 2.42 bits per heavy atom. The quantitative estimate of drug-likeness (QED) is 0.0984. The molecule has 2 aliphatic heterocycles. The Kier molecular flexibility index (Phi) is 13.3. The molecule has 7 rings (SSSR count). The first kappa shape index (κ1) is 42.6. The second kappa shape index (κ2) is 18.4. The number of hydrogen-bond donors (Lipinski definition) is 2. The molecule has 2 saturated heterocycles. The van der Waals surface area contributed by atoms with Crippen LogP contribution in [0, 0.1) is 21.4 Å². The van der Waals surface area contributed by atoms with Gasteiger partial charge in [-0.2, -0.15) is 0 Å². The molecule has 2 N–H and O–H groups in total. The predicted octanol–water partition coefficient (Wildman–Crippen LogP) is 9.55. The minimum atomic E-state index is -4.53. The van der Waals surface area contributed by atoms with Crippen LogP contribution in [-0.2, 0) is 14.8 Å². The van der Waals surface area contributed by atoms with Crippen molar-refractivity contribution >= 4 is 66.1 Å². The van der Waals surface area contributed by atoms with Crippen LogP contribution >= 0.6 is 27.5 Å². The number of anilines is 2. The Morgan fingerprint density at radius 1 is 0.983 bits per heavy atom. The summed E-state index contributed by atoms with van der Waals surface area (Å²) in [6.45, 7) is 10.4. The number of nitro benzene ring substituents is 1. The minimum absolute atomic E-state index is 0.0159. The van der Waals surface area contributed by atoms with Gasteiger partial charge < -0.3 is 19.7 Å². The van der Waals surface area contributed by atoms with Crippen molar-refractivity contribution in [3.05, 3.63) is 121 Å². The smallest absolute Gasteiger partial charge is 0.293 e. The Balaban J connectivity index is 1.08. The van der Waals surface area contributed by atoms with E-state index in [0.29, 0.717) is 30.0 Å². The molecule has 15 heteroatoms. The van der Waals surface area contributed by atoms with Gasteiger partial charge in [0.1, 0.15) is 17.2 Å². The van der Waals surface area contributed by atoms with E-state index in [4.69, 9.17) is 21.1 Å². The summed E-state index contributed by atoms with van der Waals surface area (Å²) in [5.41, 5.74) is 4.96. The Morgan fingerprint density at radius 2 is 1.71 bits per heavy atom. The van der Waals surface area contributed by atoms with Crippen LogP contribution in [0.25, 0.3) is 5.57 Å². The Bertz CT molecular complexity index is 2330. The lowest BCUT2D eigenvalue weighted by molar-refractivity contribution is -0.384. The molecule has 0 spiro atoms. The van der Waals surface area contributed by atoms with E-state index >= 15 is 0 Å². The molecular formula is C44H49BrClN5O7S. The second-order valence-corrected chi connectivity index (χ2v) is 19.2. The normalized spacial score (nSPS) is 17.7. The molecule has 0 bridgehead atoms. The maximum Gasteiger partial charge on any atom is 0.293 e. The zero-order chi connectivity index (χ0) is 41.7. The number of ether oxygens (including phenoxy) is 2. The fourth-order valence-corrected chi connectivity index (χ4v) is 9.42. The number of nitrogens with zero attached hydrogens (tertiary/aromatic N) is 3. The highest BCUT2D eigenvalue weighted by Crippen LogP contribution is 2.43. The van der Waals surface area contributed by atoms with Gasteiger partial charge in [-0.1, -0.05) is 55.3 Å². The zero-order valence-electron chi connectivity index (χ0n) is 33.2. The number of carbonyl (C=O) groups excluding carboxylic acids is 1. The Labute approximate surface area is 359 Å². The molecular weight excluding hydrogens is 858 g/mol. The van der Waals surface area contributed by atoms with Crippen LogP contribution < -0.4 is 19.7 Å². The number of sulfonamides is 1. The third-order valence-electron chi connectivity index (χ3n) is 11.4. The van der Waals surface area contributed by atoms with Crippen LogP contribution in [0.4, 0.5) is 17.1 Å². The molecule has 1 amide bonds. The topological polar surface area (TPSA) is 143 Å². The minimum Gasteiger partial charge on any atom is -0.455 e. The number of nitro groups is 1. The van der Waals surface area contributed by atoms with Crippen molar-refractivity contribution in [1.29, 1.82) is 0 Å². The van der Waals surface area contributed by atoms with Crippen molar-refractivity contribution in [3.8, 4) is 11.5 Å². The molecule has 0 atom stereocenters. The monoisotopic (exact) mass is 905 g/mol. The zero-order valence-corrected chi connectivity index (χ0v) is 36.4. The van der Waals surface area contributed by atoms with Crippen LogP contribution in [-0.4, -0.2) is 76.6 Å². The highest BCUT2D eigenvalue weighted by molar-refractivity contribution is 9.10. The van der Waals surface area contributed by atoms with E-state index in [0.717, 1.165) is 81.6 Å². The average Bonchev–Trinajstić information content (AvgIpc) is 3.22. The molecule has 312 valence electrons. The summed E-state index contributed by atoms with van der Waals surface area (Å²) < 4.78 is 41.7. The third kappa shape index (κ3) is 10.6. The average molecular weight is 907 g/mol. The van der Waals surface area contributed by atoms with E-state index in [1.807, 2.05) is 18.2 Å². The first-order valence-corrected chi connectivity index (χ1v) is 22.6. The lowest BCUT2D eigenvalue weighted by Crippen LogP contribution is -2.47. The van der Waals surface area contributed by atoms with Gasteiger partial charge in [0, 0.05) is 75.3 Å². The van der Waals surface area contributed by atoms with Gasteiger partial charge in [-0.3, -0.25) is 19.8 Å². The molecule has 1 aliphatic carbocycles. The van der Waals surface area contributed by atoms with Crippen LogP contribution in [0.1, 0.15) is 61.9 Å². The van der Waals surface area contributed by atoms with Crippen LogP contribution in [0.15, 0.2) is 99.9 Å². The summed E-state index contributed by atoms with van der Waals surface area (Å²) in [4.78, 5) is 29.5. The van der Waals surface area contributed by atoms with Gasteiger partial charge in [-0.15, -0.1) is 0 Å². The van der Waals surface area contributed by atoms with Gasteiger partial charge >= 0.3 is 0 Å². The molecule has 4 aromatic carbocycles. The third-order valence-corrected chi connectivity index (χ3v) is 13.7. The summed E-state index contributed by atoms with van der Waals surface area (Å²) in [5, 5.41) is 15.9. The highest BCUT2D eigenvalue weighted by Gasteiger charge is 2.30. The van der Waals surface area contributed by atoms with Gasteiger partial charge in [0.2, 0.25) is 0 Å². The fraction of sp³-hybridized carbons (Fsp3) is 0.386. The molecule has 0 saturated carbocycles. The lowest BCUT2D eigenvalue weighted by atomic mass is 9.72. The maximum absolute atomic E-state index is 13.8. The molecule has 0 radical (unpaired) electrons. The molecule has 3 aliphatic rings. The number of piperazine rings is 1. The number of carbonyl (C=O) groups is 1.